The second kappa shape index (κ2) is 6.36. The average Bonchev–Trinajstić information content (AvgIpc) is 2.39. The van der Waals surface area contributed by atoms with Crippen LogP contribution < -0.4 is 9.46 Å². The number of anilines is 1. The van der Waals surface area contributed by atoms with Gasteiger partial charge in [0.05, 0.1) is 18.0 Å². The Bertz CT molecular complexity index is 755. The van der Waals surface area contributed by atoms with Crippen molar-refractivity contribution in [1.29, 1.82) is 0 Å². The van der Waals surface area contributed by atoms with Crippen molar-refractivity contribution in [2.24, 2.45) is 0 Å². The van der Waals surface area contributed by atoms with Crippen LogP contribution in [0.2, 0.25) is 0 Å². The molecule has 0 atom stereocenters. The van der Waals surface area contributed by atoms with Gasteiger partial charge in [-0.1, -0.05) is 18.2 Å². The fraction of sp³-hybridized carbons (Fsp3) is 0.250. The maximum atomic E-state index is 13.0. The Labute approximate surface area is 130 Å². The Balaban J connectivity index is 2.45. The fourth-order valence-corrected chi connectivity index (χ4v) is 2.55. The predicted octanol–water partition coefficient (Wildman–Crippen LogP) is 3.65. The third-order valence-corrected chi connectivity index (χ3v) is 3.41. The molecule has 1 N–H and O–H groups in total. The van der Waals surface area contributed by atoms with Crippen molar-refractivity contribution in [3.8, 4) is 16.9 Å². The number of ether oxygens (including phenoxy) is 1. The van der Waals surface area contributed by atoms with Gasteiger partial charge in [0, 0.05) is 0 Å². The van der Waals surface area contributed by atoms with E-state index in [1.165, 1.54) is 12.1 Å². The summed E-state index contributed by atoms with van der Waals surface area (Å²) in [4.78, 5) is 0. The Morgan fingerprint density at radius 3 is 2.18 bits per heavy atom. The molecule has 0 heterocycles. The van der Waals surface area contributed by atoms with Crippen LogP contribution in [0.1, 0.15) is 13.8 Å². The van der Waals surface area contributed by atoms with Crippen LogP contribution in [-0.2, 0) is 10.0 Å². The van der Waals surface area contributed by atoms with Crippen LogP contribution in [0.3, 0.4) is 0 Å². The van der Waals surface area contributed by atoms with Crippen LogP contribution in [0.5, 0.6) is 5.75 Å². The standard InChI is InChI=1S/C16H18FNO3S/c1-11(2)21-16-9-6-13(10-15(16)18-22(3,19)20)12-4-7-14(17)8-5-12/h4-11,18H,1-3H3. The predicted molar refractivity (Wildman–Crippen MR) is 86.1 cm³/mol. The SMILES string of the molecule is CC(C)Oc1ccc(-c2ccc(F)cc2)cc1NS(C)(=O)=O. The molecule has 0 aliphatic carbocycles. The lowest BCUT2D eigenvalue weighted by Crippen LogP contribution is -2.13. The molecule has 0 amide bonds. The van der Waals surface area contributed by atoms with Gasteiger partial charge in [-0.2, -0.15) is 0 Å². The highest BCUT2D eigenvalue weighted by atomic mass is 32.2. The number of halogens is 1. The molecule has 2 rings (SSSR count). The van der Waals surface area contributed by atoms with Crippen LogP contribution in [0, 0.1) is 5.82 Å². The molecule has 0 unspecified atom stereocenters. The van der Waals surface area contributed by atoms with Gasteiger partial charge in [-0.3, -0.25) is 4.72 Å². The first-order valence-corrected chi connectivity index (χ1v) is 8.68. The van der Waals surface area contributed by atoms with E-state index in [1.54, 1.807) is 30.3 Å². The first-order valence-electron chi connectivity index (χ1n) is 6.79. The van der Waals surface area contributed by atoms with Gasteiger partial charge in [0.2, 0.25) is 10.0 Å². The van der Waals surface area contributed by atoms with E-state index in [9.17, 15) is 12.8 Å². The average molecular weight is 323 g/mol. The molecule has 0 aliphatic heterocycles. The fourth-order valence-electron chi connectivity index (χ4n) is 1.99. The number of sulfonamides is 1. The van der Waals surface area contributed by atoms with Gasteiger partial charge in [-0.25, -0.2) is 12.8 Å². The summed E-state index contributed by atoms with van der Waals surface area (Å²) in [6.07, 6.45) is 0.994. The van der Waals surface area contributed by atoms with Crippen molar-refractivity contribution < 1.29 is 17.5 Å². The molecular weight excluding hydrogens is 305 g/mol. The van der Waals surface area contributed by atoms with E-state index in [1.807, 2.05) is 13.8 Å². The zero-order valence-corrected chi connectivity index (χ0v) is 13.4. The van der Waals surface area contributed by atoms with Gasteiger partial charge in [0.25, 0.3) is 0 Å². The van der Waals surface area contributed by atoms with E-state index >= 15 is 0 Å². The molecule has 22 heavy (non-hydrogen) atoms. The highest BCUT2D eigenvalue weighted by Gasteiger charge is 2.12. The Hall–Kier alpha value is -2.08. The normalized spacial score (nSPS) is 11.5. The first kappa shape index (κ1) is 16.3. The highest BCUT2D eigenvalue weighted by Crippen LogP contribution is 2.32. The van der Waals surface area contributed by atoms with Crippen molar-refractivity contribution in [2.75, 3.05) is 11.0 Å². The van der Waals surface area contributed by atoms with Crippen LogP contribution in [0.15, 0.2) is 42.5 Å². The van der Waals surface area contributed by atoms with E-state index in [4.69, 9.17) is 4.74 Å². The topological polar surface area (TPSA) is 55.4 Å². The lowest BCUT2D eigenvalue weighted by molar-refractivity contribution is 0.244. The van der Waals surface area contributed by atoms with Gasteiger partial charge in [-0.05, 0) is 49.2 Å². The zero-order chi connectivity index (χ0) is 16.3. The molecule has 0 aromatic heterocycles. The Kier molecular flexibility index (Phi) is 4.71. The summed E-state index contributed by atoms with van der Waals surface area (Å²) in [7, 11) is -3.43. The summed E-state index contributed by atoms with van der Waals surface area (Å²) in [6.45, 7) is 3.72. The van der Waals surface area contributed by atoms with Crippen molar-refractivity contribution in [2.45, 2.75) is 20.0 Å². The molecule has 118 valence electrons. The largest absolute Gasteiger partial charge is 0.489 e. The van der Waals surface area contributed by atoms with E-state index in [2.05, 4.69) is 4.72 Å². The maximum absolute atomic E-state index is 13.0. The quantitative estimate of drug-likeness (QED) is 0.914. The van der Waals surface area contributed by atoms with Gasteiger partial charge < -0.3 is 4.74 Å². The Morgan fingerprint density at radius 1 is 1.05 bits per heavy atom. The van der Waals surface area contributed by atoms with Crippen molar-refractivity contribution >= 4 is 15.7 Å². The lowest BCUT2D eigenvalue weighted by atomic mass is 10.0. The second-order valence-corrected chi connectivity index (χ2v) is 7.01. The molecule has 0 spiro atoms. The minimum atomic E-state index is -3.43. The van der Waals surface area contributed by atoms with Crippen LogP contribution in [0.25, 0.3) is 11.1 Å². The molecule has 2 aromatic rings. The molecule has 0 fully saturated rings. The van der Waals surface area contributed by atoms with E-state index in [0.717, 1.165) is 17.4 Å². The summed E-state index contributed by atoms with van der Waals surface area (Å²) >= 11 is 0. The van der Waals surface area contributed by atoms with E-state index < -0.39 is 10.0 Å². The second-order valence-electron chi connectivity index (χ2n) is 5.26. The van der Waals surface area contributed by atoms with Gasteiger partial charge in [0.15, 0.2) is 0 Å². The van der Waals surface area contributed by atoms with E-state index in [-0.39, 0.29) is 11.9 Å². The summed E-state index contributed by atoms with van der Waals surface area (Å²) in [5.74, 6) is 0.129. The molecule has 0 bridgehead atoms. The molecule has 0 saturated heterocycles. The zero-order valence-electron chi connectivity index (χ0n) is 12.6. The summed E-state index contributed by atoms with van der Waals surface area (Å²) in [5.41, 5.74) is 1.91. The summed E-state index contributed by atoms with van der Waals surface area (Å²) in [6, 6.07) is 11.2. The van der Waals surface area contributed by atoms with Crippen LogP contribution in [-0.4, -0.2) is 20.8 Å². The van der Waals surface area contributed by atoms with E-state index in [0.29, 0.717) is 11.4 Å². The number of benzene rings is 2. The minimum absolute atomic E-state index is 0.0863. The third-order valence-electron chi connectivity index (χ3n) is 2.82. The van der Waals surface area contributed by atoms with Gasteiger partial charge >= 0.3 is 0 Å². The highest BCUT2D eigenvalue weighted by molar-refractivity contribution is 7.92. The van der Waals surface area contributed by atoms with Crippen LogP contribution >= 0.6 is 0 Å². The number of hydrogen-bond acceptors (Lipinski definition) is 3. The maximum Gasteiger partial charge on any atom is 0.229 e. The van der Waals surface area contributed by atoms with Crippen molar-refractivity contribution in [3.05, 3.63) is 48.3 Å². The number of rotatable bonds is 5. The molecule has 6 heteroatoms. The number of hydrogen-bond donors (Lipinski definition) is 1. The first-order chi connectivity index (χ1) is 10.2. The summed E-state index contributed by atoms with van der Waals surface area (Å²) in [5, 5.41) is 0. The molecule has 0 radical (unpaired) electrons. The van der Waals surface area contributed by atoms with Gasteiger partial charge in [0.1, 0.15) is 11.6 Å². The molecule has 0 aliphatic rings. The molecule has 4 nitrogen and oxygen atoms in total. The molecule has 2 aromatic carbocycles. The Morgan fingerprint density at radius 2 is 1.64 bits per heavy atom. The molecular formula is C16H18FNO3S. The van der Waals surface area contributed by atoms with Crippen molar-refractivity contribution in [3.63, 3.8) is 0 Å². The number of nitrogens with one attached hydrogen (secondary N) is 1. The third kappa shape index (κ3) is 4.46. The van der Waals surface area contributed by atoms with Crippen molar-refractivity contribution in [1.82, 2.24) is 0 Å². The smallest absolute Gasteiger partial charge is 0.229 e. The lowest BCUT2D eigenvalue weighted by Gasteiger charge is -2.16. The van der Waals surface area contributed by atoms with Crippen LogP contribution in [0.4, 0.5) is 10.1 Å². The monoisotopic (exact) mass is 323 g/mol. The van der Waals surface area contributed by atoms with Gasteiger partial charge in [-0.15, -0.1) is 0 Å². The summed E-state index contributed by atoms with van der Waals surface area (Å²) < 4.78 is 44.1. The molecule has 0 saturated carbocycles. The minimum Gasteiger partial charge on any atom is -0.489 e.